The summed E-state index contributed by atoms with van der Waals surface area (Å²) in [4.78, 5) is 10.7. The van der Waals surface area contributed by atoms with Crippen LogP contribution in [0.4, 0.5) is 23.0 Å². The van der Waals surface area contributed by atoms with Gasteiger partial charge in [0.05, 0.1) is 13.2 Å². The van der Waals surface area contributed by atoms with Gasteiger partial charge in [0.25, 0.3) is 0 Å². The first-order chi connectivity index (χ1) is 13.2. The lowest BCUT2D eigenvalue weighted by atomic mass is 10.1. The Bertz CT molecular complexity index is 671. The van der Waals surface area contributed by atoms with Crippen molar-refractivity contribution in [2.45, 2.75) is 26.2 Å². The van der Waals surface area contributed by atoms with Crippen LogP contribution in [0, 0.1) is 0 Å². The molecule has 0 aliphatic heterocycles. The summed E-state index contributed by atoms with van der Waals surface area (Å²) in [7, 11) is 3.35. The van der Waals surface area contributed by atoms with E-state index in [0.717, 1.165) is 12.1 Å². The predicted molar refractivity (Wildman–Crippen MR) is 111 cm³/mol. The Morgan fingerprint density at radius 1 is 1.04 bits per heavy atom. The summed E-state index contributed by atoms with van der Waals surface area (Å²) in [6, 6.07) is 8.39. The molecule has 0 fully saturated rings. The van der Waals surface area contributed by atoms with Crippen LogP contribution in [0.25, 0.3) is 0 Å². The molecule has 2 rings (SSSR count). The van der Waals surface area contributed by atoms with Crippen molar-refractivity contribution < 1.29 is 9.47 Å². The van der Waals surface area contributed by atoms with Crippen molar-refractivity contribution in [3.8, 4) is 0 Å². The molecule has 7 nitrogen and oxygen atoms in total. The first kappa shape index (κ1) is 20.9. The van der Waals surface area contributed by atoms with Gasteiger partial charge in [-0.1, -0.05) is 25.5 Å². The molecule has 0 aliphatic rings. The molecule has 2 aromatic rings. The van der Waals surface area contributed by atoms with Crippen LogP contribution in [0.15, 0.2) is 30.6 Å². The third-order valence-corrected chi connectivity index (χ3v) is 4.33. The van der Waals surface area contributed by atoms with Crippen molar-refractivity contribution in [1.82, 2.24) is 9.97 Å². The molecule has 3 N–H and O–H groups in total. The minimum absolute atomic E-state index is 0.514. The molecular formula is C20H31N5O2. The van der Waals surface area contributed by atoms with Gasteiger partial charge in [0.2, 0.25) is 0 Å². The average Bonchev–Trinajstić information content (AvgIpc) is 2.69. The van der Waals surface area contributed by atoms with E-state index >= 15 is 0 Å². The van der Waals surface area contributed by atoms with Crippen LogP contribution in [0.1, 0.15) is 25.3 Å². The van der Waals surface area contributed by atoms with E-state index in [1.807, 2.05) is 4.90 Å². The molecule has 0 bridgehead atoms. The van der Waals surface area contributed by atoms with Gasteiger partial charge in [-0.15, -0.1) is 0 Å². The number of nitrogen functional groups attached to an aromatic ring is 1. The maximum absolute atomic E-state index is 6.36. The van der Waals surface area contributed by atoms with Crippen LogP contribution in [-0.2, 0) is 15.9 Å². The minimum Gasteiger partial charge on any atom is -0.393 e. The number of nitrogens with two attached hydrogens (primary N) is 1. The Morgan fingerprint density at radius 3 is 2.30 bits per heavy atom. The summed E-state index contributed by atoms with van der Waals surface area (Å²) >= 11 is 0. The highest BCUT2D eigenvalue weighted by Gasteiger charge is 2.15. The molecule has 1 aromatic heterocycles. The Hall–Kier alpha value is -2.38. The van der Waals surface area contributed by atoms with E-state index in [4.69, 9.17) is 15.2 Å². The van der Waals surface area contributed by atoms with Gasteiger partial charge in [-0.05, 0) is 30.5 Å². The van der Waals surface area contributed by atoms with Gasteiger partial charge in [-0.2, -0.15) is 0 Å². The molecule has 7 heteroatoms. The molecule has 148 valence electrons. The Morgan fingerprint density at radius 2 is 1.70 bits per heavy atom. The van der Waals surface area contributed by atoms with Crippen LogP contribution in [0.5, 0.6) is 0 Å². The van der Waals surface area contributed by atoms with Gasteiger partial charge in [0, 0.05) is 33.0 Å². The minimum atomic E-state index is 0.514. The lowest BCUT2D eigenvalue weighted by Crippen LogP contribution is -2.32. The topological polar surface area (TPSA) is 85.5 Å². The second-order valence-electron chi connectivity index (χ2n) is 6.36. The van der Waals surface area contributed by atoms with Gasteiger partial charge >= 0.3 is 0 Å². The monoisotopic (exact) mass is 373 g/mol. The van der Waals surface area contributed by atoms with Crippen molar-refractivity contribution in [3.05, 3.63) is 36.2 Å². The van der Waals surface area contributed by atoms with E-state index in [0.29, 0.717) is 43.6 Å². The van der Waals surface area contributed by atoms with Gasteiger partial charge < -0.3 is 25.4 Å². The van der Waals surface area contributed by atoms with Crippen LogP contribution < -0.4 is 16.0 Å². The van der Waals surface area contributed by atoms with Crippen molar-refractivity contribution in [2.75, 3.05) is 56.5 Å². The van der Waals surface area contributed by atoms with E-state index in [9.17, 15) is 0 Å². The molecular weight excluding hydrogens is 342 g/mol. The number of anilines is 4. The van der Waals surface area contributed by atoms with Gasteiger partial charge in [0.15, 0.2) is 11.6 Å². The SMILES string of the molecule is CCCCc1ccc(Nc2ncnc(N(CCOC)CCOC)c2N)cc1. The first-order valence-electron chi connectivity index (χ1n) is 9.38. The molecule has 0 atom stereocenters. The van der Waals surface area contributed by atoms with Crippen LogP contribution in [-0.4, -0.2) is 50.5 Å². The van der Waals surface area contributed by atoms with Gasteiger partial charge in [0.1, 0.15) is 12.0 Å². The molecule has 0 radical (unpaired) electrons. The zero-order valence-corrected chi connectivity index (χ0v) is 16.6. The number of hydrogen-bond donors (Lipinski definition) is 2. The fraction of sp³-hybridized carbons (Fsp3) is 0.500. The summed E-state index contributed by atoms with van der Waals surface area (Å²) in [6.07, 6.45) is 5.03. The third kappa shape index (κ3) is 6.37. The number of ether oxygens (including phenoxy) is 2. The van der Waals surface area contributed by atoms with Crippen molar-refractivity contribution >= 4 is 23.0 Å². The number of hydrogen-bond acceptors (Lipinski definition) is 7. The summed E-state index contributed by atoms with van der Waals surface area (Å²) in [6.45, 7) is 4.71. The Kier molecular flexibility index (Phi) is 8.80. The van der Waals surface area contributed by atoms with E-state index in [2.05, 4.69) is 46.5 Å². The number of aryl methyl sites for hydroxylation is 1. The number of benzene rings is 1. The van der Waals surface area contributed by atoms with Gasteiger partial charge in [-0.3, -0.25) is 0 Å². The summed E-state index contributed by atoms with van der Waals surface area (Å²) in [5.41, 5.74) is 9.16. The normalized spacial score (nSPS) is 10.8. The molecule has 0 amide bonds. The number of rotatable bonds is 12. The van der Waals surface area contributed by atoms with Crippen molar-refractivity contribution in [1.29, 1.82) is 0 Å². The fourth-order valence-corrected chi connectivity index (χ4v) is 2.74. The summed E-state index contributed by atoms with van der Waals surface area (Å²) in [5.74, 6) is 1.28. The van der Waals surface area contributed by atoms with E-state index < -0.39 is 0 Å². The third-order valence-electron chi connectivity index (χ3n) is 4.33. The van der Waals surface area contributed by atoms with Crippen LogP contribution in [0.3, 0.4) is 0 Å². The largest absolute Gasteiger partial charge is 0.393 e. The standard InChI is InChI=1S/C20H31N5O2/c1-4-5-6-16-7-9-17(10-8-16)24-19-18(21)20(23-15-22-19)25(11-13-26-2)12-14-27-3/h7-10,15H,4-6,11-14,21H2,1-3H3,(H,22,23,24). The van der Waals surface area contributed by atoms with E-state index in [1.165, 1.54) is 24.7 Å². The second-order valence-corrected chi connectivity index (χ2v) is 6.36. The molecule has 1 aromatic carbocycles. The number of unbranched alkanes of at least 4 members (excludes halogenated alkanes) is 1. The number of aromatic nitrogens is 2. The molecule has 1 heterocycles. The average molecular weight is 374 g/mol. The number of nitrogens with one attached hydrogen (secondary N) is 1. The smallest absolute Gasteiger partial charge is 0.159 e. The van der Waals surface area contributed by atoms with E-state index in [1.54, 1.807) is 14.2 Å². The van der Waals surface area contributed by atoms with Crippen molar-refractivity contribution in [2.24, 2.45) is 0 Å². The van der Waals surface area contributed by atoms with Crippen molar-refractivity contribution in [3.63, 3.8) is 0 Å². The molecule has 0 spiro atoms. The highest BCUT2D eigenvalue weighted by atomic mass is 16.5. The zero-order chi connectivity index (χ0) is 19.5. The molecule has 0 unspecified atom stereocenters. The highest BCUT2D eigenvalue weighted by molar-refractivity contribution is 5.78. The molecule has 0 aliphatic carbocycles. The van der Waals surface area contributed by atoms with E-state index in [-0.39, 0.29) is 0 Å². The van der Waals surface area contributed by atoms with Crippen LogP contribution >= 0.6 is 0 Å². The van der Waals surface area contributed by atoms with Gasteiger partial charge in [-0.25, -0.2) is 9.97 Å². The maximum atomic E-state index is 6.36. The summed E-state index contributed by atoms with van der Waals surface area (Å²) < 4.78 is 10.4. The predicted octanol–water partition coefficient (Wildman–Crippen LogP) is 3.24. The number of nitrogens with zero attached hydrogens (tertiary/aromatic N) is 3. The Labute approximate surface area is 161 Å². The molecule has 27 heavy (non-hydrogen) atoms. The lowest BCUT2D eigenvalue weighted by molar-refractivity contribution is 0.190. The lowest BCUT2D eigenvalue weighted by Gasteiger charge is -2.25. The molecule has 0 saturated heterocycles. The highest BCUT2D eigenvalue weighted by Crippen LogP contribution is 2.28. The summed E-state index contributed by atoms with van der Waals surface area (Å²) in [5, 5.41) is 3.30. The fourth-order valence-electron chi connectivity index (χ4n) is 2.74. The first-order valence-corrected chi connectivity index (χ1v) is 9.38. The van der Waals surface area contributed by atoms with Crippen LogP contribution in [0.2, 0.25) is 0 Å². The maximum Gasteiger partial charge on any atom is 0.159 e. The zero-order valence-electron chi connectivity index (χ0n) is 16.6. The second kappa shape index (κ2) is 11.4. The Balaban J connectivity index is 2.14. The number of methoxy groups -OCH3 is 2. The molecule has 0 saturated carbocycles. The quantitative estimate of drug-likeness (QED) is 0.591.